The van der Waals surface area contributed by atoms with Gasteiger partial charge >= 0.3 is 0 Å². The van der Waals surface area contributed by atoms with Gasteiger partial charge in [0.15, 0.2) is 0 Å². The van der Waals surface area contributed by atoms with E-state index in [0.29, 0.717) is 18.3 Å². The number of nitrogens with one attached hydrogen (secondary N) is 1. The van der Waals surface area contributed by atoms with Crippen molar-refractivity contribution in [2.24, 2.45) is 0 Å². The third-order valence-corrected chi connectivity index (χ3v) is 2.87. The Morgan fingerprint density at radius 2 is 2.05 bits per heavy atom. The standard InChI is InChI=1S/C13H19N5O/c1-5-18-10(4)13(9(3)17-18)16-11-7-12(19-6-2)15-8-14-11/h7-8H,5-6H2,1-4H3,(H,14,15,16). The Balaban J connectivity index is 2.26. The second kappa shape index (κ2) is 5.69. The third-order valence-electron chi connectivity index (χ3n) is 2.87. The van der Waals surface area contributed by atoms with Gasteiger partial charge in [0.25, 0.3) is 0 Å². The summed E-state index contributed by atoms with van der Waals surface area (Å²) in [5.74, 6) is 1.28. The lowest BCUT2D eigenvalue weighted by Gasteiger charge is -2.07. The summed E-state index contributed by atoms with van der Waals surface area (Å²) in [6, 6.07) is 1.78. The lowest BCUT2D eigenvalue weighted by Crippen LogP contribution is -2.01. The first-order valence-corrected chi connectivity index (χ1v) is 6.41. The molecule has 0 aromatic carbocycles. The summed E-state index contributed by atoms with van der Waals surface area (Å²) >= 11 is 0. The molecule has 1 N–H and O–H groups in total. The Labute approximate surface area is 112 Å². The van der Waals surface area contributed by atoms with Crippen molar-refractivity contribution in [1.82, 2.24) is 19.7 Å². The average molecular weight is 261 g/mol. The molecule has 0 aliphatic heterocycles. The predicted octanol–water partition coefficient (Wildman–Crippen LogP) is 2.45. The van der Waals surface area contributed by atoms with E-state index in [1.165, 1.54) is 6.33 Å². The number of aryl methyl sites for hydroxylation is 2. The minimum atomic E-state index is 0.568. The highest BCUT2D eigenvalue weighted by Gasteiger charge is 2.11. The van der Waals surface area contributed by atoms with Gasteiger partial charge in [-0.3, -0.25) is 4.68 Å². The van der Waals surface area contributed by atoms with Gasteiger partial charge in [-0.05, 0) is 27.7 Å². The molecular weight excluding hydrogens is 242 g/mol. The first-order chi connectivity index (χ1) is 9.15. The van der Waals surface area contributed by atoms with Crippen LogP contribution in [0, 0.1) is 13.8 Å². The second-order valence-electron chi connectivity index (χ2n) is 4.16. The van der Waals surface area contributed by atoms with Crippen molar-refractivity contribution < 1.29 is 4.74 Å². The van der Waals surface area contributed by atoms with Gasteiger partial charge in [-0.15, -0.1) is 0 Å². The fraction of sp³-hybridized carbons (Fsp3) is 0.462. The van der Waals surface area contributed by atoms with Crippen molar-refractivity contribution in [2.75, 3.05) is 11.9 Å². The molecule has 0 saturated carbocycles. The fourth-order valence-electron chi connectivity index (χ4n) is 1.95. The smallest absolute Gasteiger partial charge is 0.218 e. The number of rotatable bonds is 5. The van der Waals surface area contributed by atoms with E-state index in [1.54, 1.807) is 6.07 Å². The molecule has 0 bridgehead atoms. The normalized spacial score (nSPS) is 10.5. The summed E-state index contributed by atoms with van der Waals surface area (Å²) < 4.78 is 7.32. The average Bonchev–Trinajstić information content (AvgIpc) is 2.67. The Hall–Kier alpha value is -2.11. The van der Waals surface area contributed by atoms with E-state index in [0.717, 1.165) is 23.6 Å². The van der Waals surface area contributed by atoms with Gasteiger partial charge in [0.1, 0.15) is 12.1 Å². The number of hydrogen-bond donors (Lipinski definition) is 1. The number of aromatic nitrogens is 4. The monoisotopic (exact) mass is 261 g/mol. The van der Waals surface area contributed by atoms with Gasteiger partial charge in [-0.2, -0.15) is 5.10 Å². The van der Waals surface area contributed by atoms with E-state index in [2.05, 4.69) is 27.3 Å². The SMILES string of the molecule is CCOc1cc(Nc2c(C)nn(CC)c2C)ncn1. The molecule has 19 heavy (non-hydrogen) atoms. The molecule has 2 aromatic heterocycles. The molecule has 0 spiro atoms. The molecule has 0 aliphatic rings. The van der Waals surface area contributed by atoms with Gasteiger partial charge in [0, 0.05) is 12.6 Å². The zero-order chi connectivity index (χ0) is 13.8. The zero-order valence-corrected chi connectivity index (χ0v) is 11.8. The van der Waals surface area contributed by atoms with E-state index in [4.69, 9.17) is 4.74 Å². The van der Waals surface area contributed by atoms with Crippen LogP contribution in [0.5, 0.6) is 5.88 Å². The molecule has 0 radical (unpaired) electrons. The Kier molecular flexibility index (Phi) is 3.99. The summed E-state index contributed by atoms with van der Waals surface area (Å²) in [5, 5.41) is 7.74. The molecule has 0 aliphatic carbocycles. The summed E-state index contributed by atoms with van der Waals surface area (Å²) in [4.78, 5) is 8.24. The first-order valence-electron chi connectivity index (χ1n) is 6.41. The molecule has 0 amide bonds. The minimum Gasteiger partial charge on any atom is -0.478 e. The van der Waals surface area contributed by atoms with Crippen LogP contribution in [0.1, 0.15) is 25.2 Å². The largest absolute Gasteiger partial charge is 0.478 e. The highest BCUT2D eigenvalue weighted by Crippen LogP contribution is 2.24. The van der Waals surface area contributed by atoms with Crippen LogP contribution in [0.3, 0.4) is 0 Å². The molecule has 0 unspecified atom stereocenters. The summed E-state index contributed by atoms with van der Waals surface area (Å²) in [7, 11) is 0. The topological polar surface area (TPSA) is 64.9 Å². The maximum absolute atomic E-state index is 5.36. The summed E-state index contributed by atoms with van der Waals surface area (Å²) in [6.45, 7) is 9.45. The molecule has 6 heteroatoms. The van der Waals surface area contributed by atoms with E-state index < -0.39 is 0 Å². The van der Waals surface area contributed by atoms with Gasteiger partial charge < -0.3 is 10.1 Å². The number of anilines is 2. The number of hydrogen-bond acceptors (Lipinski definition) is 5. The number of nitrogens with zero attached hydrogens (tertiary/aromatic N) is 4. The van der Waals surface area contributed by atoms with Crippen LogP contribution in [-0.2, 0) is 6.54 Å². The minimum absolute atomic E-state index is 0.568. The van der Waals surface area contributed by atoms with E-state index in [9.17, 15) is 0 Å². The molecule has 0 atom stereocenters. The van der Waals surface area contributed by atoms with Crippen LogP contribution >= 0.6 is 0 Å². The highest BCUT2D eigenvalue weighted by atomic mass is 16.5. The molecule has 6 nitrogen and oxygen atoms in total. The lowest BCUT2D eigenvalue weighted by atomic mass is 10.3. The van der Waals surface area contributed by atoms with Crippen LogP contribution in [-0.4, -0.2) is 26.4 Å². The maximum atomic E-state index is 5.36. The fourth-order valence-corrected chi connectivity index (χ4v) is 1.95. The van der Waals surface area contributed by atoms with Gasteiger partial charge in [-0.1, -0.05) is 0 Å². The van der Waals surface area contributed by atoms with Gasteiger partial charge in [0.2, 0.25) is 5.88 Å². The van der Waals surface area contributed by atoms with Crippen molar-refractivity contribution >= 4 is 11.5 Å². The van der Waals surface area contributed by atoms with Gasteiger partial charge in [-0.25, -0.2) is 9.97 Å². The van der Waals surface area contributed by atoms with Crippen LogP contribution in [0.2, 0.25) is 0 Å². The van der Waals surface area contributed by atoms with Crippen molar-refractivity contribution in [2.45, 2.75) is 34.2 Å². The first kappa shape index (κ1) is 13.3. The molecule has 2 rings (SSSR count). The lowest BCUT2D eigenvalue weighted by molar-refractivity contribution is 0.326. The molecule has 102 valence electrons. The highest BCUT2D eigenvalue weighted by molar-refractivity contribution is 5.61. The summed E-state index contributed by atoms with van der Waals surface area (Å²) in [6.07, 6.45) is 1.49. The van der Waals surface area contributed by atoms with E-state index in [-0.39, 0.29) is 0 Å². The van der Waals surface area contributed by atoms with E-state index in [1.807, 2.05) is 25.5 Å². The zero-order valence-electron chi connectivity index (χ0n) is 11.8. The second-order valence-corrected chi connectivity index (χ2v) is 4.16. The van der Waals surface area contributed by atoms with Crippen molar-refractivity contribution in [3.63, 3.8) is 0 Å². The third kappa shape index (κ3) is 2.83. The molecule has 0 fully saturated rings. The van der Waals surface area contributed by atoms with Crippen LogP contribution in [0.25, 0.3) is 0 Å². The van der Waals surface area contributed by atoms with Crippen molar-refractivity contribution in [1.29, 1.82) is 0 Å². The molecule has 2 aromatic rings. The molecule has 0 saturated heterocycles. The van der Waals surface area contributed by atoms with E-state index >= 15 is 0 Å². The van der Waals surface area contributed by atoms with Crippen LogP contribution in [0.15, 0.2) is 12.4 Å². The van der Waals surface area contributed by atoms with Gasteiger partial charge in [0.05, 0.1) is 23.7 Å². The van der Waals surface area contributed by atoms with Crippen LogP contribution < -0.4 is 10.1 Å². The Morgan fingerprint density at radius 1 is 1.26 bits per heavy atom. The Bertz CT molecular complexity index is 564. The number of ether oxygens (including phenoxy) is 1. The quantitative estimate of drug-likeness (QED) is 0.895. The summed E-state index contributed by atoms with van der Waals surface area (Å²) in [5.41, 5.74) is 3.04. The van der Waals surface area contributed by atoms with Crippen LogP contribution in [0.4, 0.5) is 11.5 Å². The molecule has 2 heterocycles. The Morgan fingerprint density at radius 3 is 2.68 bits per heavy atom. The van der Waals surface area contributed by atoms with Crippen molar-refractivity contribution in [3.8, 4) is 5.88 Å². The maximum Gasteiger partial charge on any atom is 0.218 e. The molecular formula is C13H19N5O. The predicted molar refractivity (Wildman–Crippen MR) is 73.9 cm³/mol. The van der Waals surface area contributed by atoms with Crippen molar-refractivity contribution in [3.05, 3.63) is 23.8 Å².